The van der Waals surface area contributed by atoms with E-state index in [-0.39, 0.29) is 0 Å². The summed E-state index contributed by atoms with van der Waals surface area (Å²) >= 11 is 5.59. The third kappa shape index (κ3) is 3.07. The van der Waals surface area contributed by atoms with Crippen LogP contribution in [0.3, 0.4) is 0 Å². The molecule has 1 heterocycles. The smallest absolute Gasteiger partial charge is 0.226 e. The van der Waals surface area contributed by atoms with Gasteiger partial charge in [-0.15, -0.1) is 11.6 Å². The second-order valence-corrected chi connectivity index (χ2v) is 3.84. The van der Waals surface area contributed by atoms with Gasteiger partial charge in [-0.2, -0.15) is 4.98 Å². The summed E-state index contributed by atoms with van der Waals surface area (Å²) in [7, 11) is 0. The minimum Gasteiger partial charge on any atom is -0.339 e. The highest BCUT2D eigenvalue weighted by Gasteiger charge is 2.04. The minimum absolute atomic E-state index is 0.308. The van der Waals surface area contributed by atoms with Gasteiger partial charge in [-0.05, 0) is 18.4 Å². The van der Waals surface area contributed by atoms with Gasteiger partial charge >= 0.3 is 0 Å². The first kappa shape index (κ1) is 11.1. The van der Waals surface area contributed by atoms with Gasteiger partial charge in [-0.1, -0.05) is 35.5 Å². The Bertz CT molecular complexity index is 428. The Morgan fingerprint density at radius 1 is 1.12 bits per heavy atom. The monoisotopic (exact) mass is 236 g/mol. The molecule has 0 unspecified atom stereocenters. The number of hydrogen-bond acceptors (Lipinski definition) is 3. The first-order valence-corrected chi connectivity index (χ1v) is 5.83. The van der Waals surface area contributed by atoms with Gasteiger partial charge in [0.25, 0.3) is 0 Å². The molecule has 0 radical (unpaired) electrons. The zero-order chi connectivity index (χ0) is 11.2. The molecular formula is C12H13ClN2O. The van der Waals surface area contributed by atoms with Crippen LogP contribution < -0.4 is 0 Å². The lowest BCUT2D eigenvalue weighted by Crippen LogP contribution is -1.90. The highest BCUT2D eigenvalue weighted by atomic mass is 35.5. The van der Waals surface area contributed by atoms with Crippen molar-refractivity contribution in [2.45, 2.75) is 25.1 Å². The summed E-state index contributed by atoms with van der Waals surface area (Å²) in [6, 6.07) is 10.4. The molecule has 0 saturated heterocycles. The fourth-order valence-electron chi connectivity index (χ4n) is 1.53. The topological polar surface area (TPSA) is 38.9 Å². The summed E-state index contributed by atoms with van der Waals surface area (Å²) in [5.41, 5.74) is 1.33. The van der Waals surface area contributed by atoms with Crippen LogP contribution in [0.5, 0.6) is 0 Å². The minimum atomic E-state index is 0.308. The Labute approximate surface area is 99.4 Å². The number of aryl methyl sites for hydroxylation is 2. The van der Waals surface area contributed by atoms with Crippen LogP contribution in [-0.2, 0) is 18.7 Å². The van der Waals surface area contributed by atoms with Crippen molar-refractivity contribution in [2.75, 3.05) is 0 Å². The van der Waals surface area contributed by atoms with Crippen LogP contribution >= 0.6 is 11.6 Å². The highest BCUT2D eigenvalue weighted by Crippen LogP contribution is 2.07. The molecule has 16 heavy (non-hydrogen) atoms. The van der Waals surface area contributed by atoms with Crippen molar-refractivity contribution in [2.24, 2.45) is 0 Å². The van der Waals surface area contributed by atoms with E-state index in [1.54, 1.807) is 0 Å². The summed E-state index contributed by atoms with van der Waals surface area (Å²) in [4.78, 5) is 4.15. The summed E-state index contributed by atoms with van der Waals surface area (Å²) in [5.74, 6) is 1.55. The fraction of sp³-hybridized carbons (Fsp3) is 0.333. The molecular weight excluding hydrogens is 224 g/mol. The molecule has 2 aromatic rings. The maximum atomic E-state index is 5.59. The Kier molecular flexibility index (Phi) is 3.94. The van der Waals surface area contributed by atoms with E-state index in [4.69, 9.17) is 16.1 Å². The molecule has 0 bridgehead atoms. The molecule has 1 aromatic heterocycles. The molecule has 84 valence electrons. The van der Waals surface area contributed by atoms with Crippen molar-refractivity contribution < 1.29 is 4.52 Å². The quantitative estimate of drug-likeness (QED) is 0.750. The Morgan fingerprint density at radius 3 is 2.62 bits per heavy atom. The van der Waals surface area contributed by atoms with E-state index < -0.39 is 0 Å². The second kappa shape index (κ2) is 5.66. The summed E-state index contributed by atoms with van der Waals surface area (Å²) < 4.78 is 5.05. The molecule has 3 nitrogen and oxygen atoms in total. The number of rotatable bonds is 5. The van der Waals surface area contributed by atoms with Gasteiger partial charge in [0.05, 0.1) is 5.88 Å². The van der Waals surface area contributed by atoms with E-state index in [9.17, 15) is 0 Å². The van der Waals surface area contributed by atoms with Gasteiger partial charge in [-0.25, -0.2) is 0 Å². The predicted octanol–water partition coefficient (Wildman–Crippen LogP) is 2.98. The molecule has 0 aliphatic carbocycles. The van der Waals surface area contributed by atoms with E-state index in [1.165, 1.54) is 5.56 Å². The molecule has 1 aromatic carbocycles. The molecule has 0 aliphatic rings. The lowest BCUT2D eigenvalue weighted by Gasteiger charge is -1.97. The van der Waals surface area contributed by atoms with Gasteiger partial charge in [-0.3, -0.25) is 0 Å². The fourth-order valence-corrected chi connectivity index (χ4v) is 1.64. The van der Waals surface area contributed by atoms with E-state index in [2.05, 4.69) is 22.3 Å². The van der Waals surface area contributed by atoms with Crippen molar-refractivity contribution in [1.29, 1.82) is 0 Å². The van der Waals surface area contributed by atoms with Crippen LogP contribution in [0.15, 0.2) is 34.9 Å². The molecule has 0 atom stereocenters. The third-order valence-corrected chi connectivity index (χ3v) is 2.57. The van der Waals surface area contributed by atoms with E-state index in [1.807, 2.05) is 18.2 Å². The van der Waals surface area contributed by atoms with E-state index >= 15 is 0 Å². The lowest BCUT2D eigenvalue weighted by molar-refractivity contribution is 0.371. The molecule has 2 rings (SSSR count). The Morgan fingerprint density at radius 2 is 1.94 bits per heavy atom. The van der Waals surface area contributed by atoms with Gasteiger partial charge in [0.2, 0.25) is 5.89 Å². The zero-order valence-electron chi connectivity index (χ0n) is 8.90. The van der Waals surface area contributed by atoms with Gasteiger partial charge in [0.1, 0.15) is 0 Å². The number of nitrogens with zero attached hydrogens (tertiary/aromatic N) is 2. The first-order chi connectivity index (χ1) is 7.88. The predicted molar refractivity (Wildman–Crippen MR) is 62.3 cm³/mol. The molecule has 0 saturated carbocycles. The SMILES string of the molecule is ClCc1noc(CCCc2ccccc2)n1. The van der Waals surface area contributed by atoms with Crippen LogP contribution in [0.25, 0.3) is 0 Å². The number of aromatic nitrogens is 2. The number of hydrogen-bond donors (Lipinski definition) is 0. The van der Waals surface area contributed by atoms with Crippen molar-refractivity contribution >= 4 is 11.6 Å². The Hall–Kier alpha value is -1.35. The molecule has 0 fully saturated rings. The molecule has 4 heteroatoms. The number of alkyl halides is 1. The average molecular weight is 237 g/mol. The largest absolute Gasteiger partial charge is 0.339 e. The molecule has 0 aliphatic heterocycles. The van der Waals surface area contributed by atoms with Gasteiger partial charge in [0, 0.05) is 6.42 Å². The van der Waals surface area contributed by atoms with Crippen LogP contribution in [0.1, 0.15) is 23.7 Å². The van der Waals surface area contributed by atoms with Crippen LogP contribution in [-0.4, -0.2) is 10.1 Å². The van der Waals surface area contributed by atoms with Crippen molar-refractivity contribution in [1.82, 2.24) is 10.1 Å². The lowest BCUT2D eigenvalue weighted by atomic mass is 10.1. The van der Waals surface area contributed by atoms with Crippen LogP contribution in [0.2, 0.25) is 0 Å². The maximum absolute atomic E-state index is 5.59. The molecule has 0 amide bonds. The van der Waals surface area contributed by atoms with Crippen LogP contribution in [0.4, 0.5) is 0 Å². The molecule has 0 spiro atoms. The van der Waals surface area contributed by atoms with Gasteiger partial charge < -0.3 is 4.52 Å². The number of benzene rings is 1. The zero-order valence-corrected chi connectivity index (χ0v) is 9.65. The van der Waals surface area contributed by atoms with E-state index in [0.717, 1.165) is 19.3 Å². The number of halogens is 1. The molecule has 0 N–H and O–H groups in total. The van der Waals surface area contributed by atoms with Crippen molar-refractivity contribution in [3.8, 4) is 0 Å². The van der Waals surface area contributed by atoms with E-state index in [0.29, 0.717) is 17.6 Å². The van der Waals surface area contributed by atoms with Crippen molar-refractivity contribution in [3.63, 3.8) is 0 Å². The standard InChI is InChI=1S/C12H13ClN2O/c13-9-11-14-12(16-15-11)8-4-7-10-5-2-1-3-6-10/h1-3,5-6H,4,7-9H2. The normalized spacial score (nSPS) is 10.6. The summed E-state index contributed by atoms with van der Waals surface area (Å²) in [6.07, 6.45) is 2.84. The second-order valence-electron chi connectivity index (χ2n) is 3.58. The first-order valence-electron chi connectivity index (χ1n) is 5.30. The van der Waals surface area contributed by atoms with Crippen LogP contribution in [0, 0.1) is 0 Å². The highest BCUT2D eigenvalue weighted by molar-refractivity contribution is 6.16. The Balaban J connectivity index is 1.80. The van der Waals surface area contributed by atoms with Crippen molar-refractivity contribution in [3.05, 3.63) is 47.6 Å². The van der Waals surface area contributed by atoms with Gasteiger partial charge in [0.15, 0.2) is 5.82 Å². The third-order valence-electron chi connectivity index (χ3n) is 2.33. The summed E-state index contributed by atoms with van der Waals surface area (Å²) in [6.45, 7) is 0. The summed E-state index contributed by atoms with van der Waals surface area (Å²) in [5, 5.41) is 3.74. The maximum Gasteiger partial charge on any atom is 0.226 e. The average Bonchev–Trinajstić information content (AvgIpc) is 2.78.